The molecular formula is C42H48ClN9O11S2. The lowest BCUT2D eigenvalue weighted by Crippen LogP contribution is -2.70. The summed E-state index contributed by atoms with van der Waals surface area (Å²) >= 11 is 8.76. The van der Waals surface area contributed by atoms with Gasteiger partial charge >= 0.3 is 18.0 Å². The summed E-state index contributed by atoms with van der Waals surface area (Å²) in [4.78, 5) is 78.3. The van der Waals surface area contributed by atoms with E-state index in [9.17, 15) is 24.0 Å². The van der Waals surface area contributed by atoms with E-state index in [2.05, 4.69) is 36.3 Å². The second-order valence-corrected chi connectivity index (χ2v) is 17.6. The molecule has 20 nitrogen and oxygen atoms in total. The topological polar surface area (TPSA) is 237 Å². The number of carbonyl (C=O) groups excluding carboxylic acids is 5. The monoisotopic (exact) mass is 953 g/mol. The lowest BCUT2D eigenvalue weighted by atomic mass is 10.0. The number of nitrogens with one attached hydrogen (secondary N) is 2. The van der Waals surface area contributed by atoms with Crippen LogP contribution in [0.3, 0.4) is 0 Å². The lowest BCUT2D eigenvalue weighted by molar-refractivity contribution is -0.161. The molecule has 0 spiro atoms. The first-order chi connectivity index (χ1) is 31.2. The van der Waals surface area contributed by atoms with Crippen molar-refractivity contribution < 1.29 is 52.5 Å². The van der Waals surface area contributed by atoms with Crippen molar-refractivity contribution in [3.8, 4) is 11.5 Å². The third kappa shape index (κ3) is 12.5. The third-order valence-electron chi connectivity index (χ3n) is 9.47. The zero-order valence-electron chi connectivity index (χ0n) is 36.4. The molecule has 2 aromatic carbocycles. The number of esters is 2. The molecule has 23 heteroatoms. The van der Waals surface area contributed by atoms with Gasteiger partial charge in [0.15, 0.2) is 16.7 Å². The molecule has 0 saturated carbocycles. The Kier molecular flexibility index (Phi) is 16.4. The molecule has 0 aliphatic carbocycles. The quantitative estimate of drug-likeness (QED) is 0.0291. The van der Waals surface area contributed by atoms with Crippen LogP contribution < -0.4 is 20.1 Å². The molecular weight excluding hydrogens is 906 g/mol. The number of rotatable bonds is 20. The zero-order valence-corrected chi connectivity index (χ0v) is 38.8. The number of methoxy groups -OCH3 is 2. The Morgan fingerprint density at radius 2 is 1.69 bits per heavy atom. The average molecular weight is 954 g/mol. The number of thioether (sulfide) groups is 1. The molecule has 4 heterocycles. The molecule has 6 rings (SSSR count). The summed E-state index contributed by atoms with van der Waals surface area (Å²) in [5.74, 6) is -0.620. The van der Waals surface area contributed by atoms with E-state index in [4.69, 9.17) is 40.1 Å². The molecule has 0 bridgehead atoms. The Bertz CT molecular complexity index is 2400. The van der Waals surface area contributed by atoms with E-state index >= 15 is 0 Å². The molecule has 346 valence electrons. The maximum Gasteiger partial charge on any atom is 0.413 e. The number of halogens is 1. The van der Waals surface area contributed by atoms with E-state index in [1.165, 1.54) is 29.2 Å². The van der Waals surface area contributed by atoms with Crippen molar-refractivity contribution in [2.75, 3.05) is 37.8 Å². The van der Waals surface area contributed by atoms with Gasteiger partial charge in [0.1, 0.15) is 40.8 Å². The maximum atomic E-state index is 14.3. The first kappa shape index (κ1) is 48.2. The summed E-state index contributed by atoms with van der Waals surface area (Å²) in [7, 11) is 3.11. The smallest absolute Gasteiger partial charge is 0.413 e. The number of alkyl halides is 1. The normalized spacial score (nSPS) is 16.4. The molecule has 1 fully saturated rings. The van der Waals surface area contributed by atoms with E-state index in [1.807, 2.05) is 31.2 Å². The van der Waals surface area contributed by atoms with Gasteiger partial charge in [-0.2, -0.15) is 0 Å². The molecule has 65 heavy (non-hydrogen) atoms. The highest BCUT2D eigenvalue weighted by Crippen LogP contribution is 2.44. The van der Waals surface area contributed by atoms with Crippen molar-refractivity contribution in [3.63, 3.8) is 0 Å². The minimum absolute atomic E-state index is 0.0533. The van der Waals surface area contributed by atoms with Crippen molar-refractivity contribution in [1.82, 2.24) is 35.4 Å². The van der Waals surface area contributed by atoms with Crippen LogP contribution >= 0.6 is 34.7 Å². The summed E-state index contributed by atoms with van der Waals surface area (Å²) in [5.41, 5.74) is 1.35. The van der Waals surface area contributed by atoms with Crippen LogP contribution in [0.5, 0.6) is 11.5 Å². The number of fused-ring (bicyclic) bond motifs is 1. The molecule has 2 aliphatic rings. The van der Waals surface area contributed by atoms with Gasteiger partial charge in [0, 0.05) is 29.9 Å². The number of ether oxygens (including phenoxy) is 5. The predicted molar refractivity (Wildman–Crippen MR) is 239 cm³/mol. The fraction of sp³-hybridized carbons (Fsp3) is 0.429. The van der Waals surface area contributed by atoms with Crippen molar-refractivity contribution >= 4 is 81.1 Å². The molecule has 3 atom stereocenters. The number of β-lactam (4-membered cyclic amide) rings is 1. The van der Waals surface area contributed by atoms with Crippen LogP contribution in [0.2, 0.25) is 0 Å². The van der Waals surface area contributed by atoms with Crippen LogP contribution in [0.15, 0.2) is 64.6 Å². The molecule has 2 aliphatic heterocycles. The fourth-order valence-corrected chi connectivity index (χ4v) is 8.64. The van der Waals surface area contributed by atoms with Gasteiger partial charge in [-0.1, -0.05) is 36.3 Å². The number of benzene rings is 2. The number of oxime groups is 1. The van der Waals surface area contributed by atoms with Gasteiger partial charge in [0.2, 0.25) is 6.10 Å². The van der Waals surface area contributed by atoms with Gasteiger partial charge in [-0.15, -0.1) is 39.8 Å². The summed E-state index contributed by atoms with van der Waals surface area (Å²) in [6.07, 6.45) is -1.73. The van der Waals surface area contributed by atoms with Crippen LogP contribution in [0.1, 0.15) is 69.6 Å². The Labute approximate surface area is 387 Å². The third-order valence-corrected chi connectivity index (χ3v) is 11.9. The number of aromatic nitrogens is 5. The number of thiazole rings is 1. The van der Waals surface area contributed by atoms with Gasteiger partial charge < -0.3 is 33.8 Å². The first-order valence-corrected chi connectivity index (χ1v) is 22.8. The Morgan fingerprint density at radius 1 is 1.00 bits per heavy atom. The maximum absolute atomic E-state index is 14.3. The molecule has 0 unspecified atom stereocenters. The number of tetrazole rings is 1. The van der Waals surface area contributed by atoms with E-state index in [-0.39, 0.29) is 49.3 Å². The van der Waals surface area contributed by atoms with Crippen LogP contribution in [0, 0.1) is 0 Å². The van der Waals surface area contributed by atoms with E-state index in [0.29, 0.717) is 46.3 Å². The first-order valence-electron chi connectivity index (χ1n) is 20.3. The fourth-order valence-electron chi connectivity index (χ4n) is 6.28. The number of carbonyl (C=O) groups is 5. The van der Waals surface area contributed by atoms with Crippen LogP contribution in [-0.4, -0.2) is 121 Å². The van der Waals surface area contributed by atoms with Gasteiger partial charge in [0.25, 0.3) is 11.8 Å². The van der Waals surface area contributed by atoms with Gasteiger partial charge in [-0.05, 0) is 78.6 Å². The van der Waals surface area contributed by atoms with Crippen molar-refractivity contribution in [1.29, 1.82) is 0 Å². The molecule has 3 amide bonds. The Morgan fingerprint density at radius 3 is 2.34 bits per heavy atom. The lowest BCUT2D eigenvalue weighted by Gasteiger charge is -2.50. The standard InChI is InChI=1S/C42H48ClN9O11S2/c1-7-8-31(53)60-18-17-30(39(56)61-21-25-11-15-28(59-6)16-12-25)63-48-32(29-23-65-40(44-29)46-41(57)62-42(2,3)4)36(54)45-33-37(55)52-34(26(19-43)22-64-38(33)52)35-47-49-50-51(35)20-24-9-13-27(58-5)14-10-24/h9-16,23,30,33,38H,7-8,17-22H2,1-6H3,(H,45,54)(H,44,46,57)/b48-32-/t30-,33+,38+/m0/s1. The predicted octanol–water partition coefficient (Wildman–Crippen LogP) is 5.16. The van der Waals surface area contributed by atoms with Gasteiger partial charge in [-0.3, -0.25) is 24.6 Å². The number of hydrogen-bond acceptors (Lipinski definition) is 18. The summed E-state index contributed by atoms with van der Waals surface area (Å²) in [6, 6.07) is 13.2. The van der Waals surface area contributed by atoms with E-state index in [0.717, 1.165) is 16.9 Å². The second-order valence-electron chi connectivity index (χ2n) is 15.4. The highest BCUT2D eigenvalue weighted by molar-refractivity contribution is 8.00. The van der Waals surface area contributed by atoms with Crippen LogP contribution in [0.25, 0.3) is 5.70 Å². The molecule has 0 radical (unpaired) electrons. The second kappa shape index (κ2) is 22.1. The number of nitrogens with zero attached hydrogens (tertiary/aromatic N) is 7. The average Bonchev–Trinajstić information content (AvgIpc) is 3.95. The van der Waals surface area contributed by atoms with Crippen molar-refractivity contribution in [2.45, 2.75) is 83.2 Å². The highest BCUT2D eigenvalue weighted by atomic mass is 35.5. The highest BCUT2D eigenvalue weighted by Gasteiger charge is 2.54. The number of amides is 3. The SMILES string of the molecule is CCCC(=O)OCC[C@H](O/N=C(\C(=O)N[C@@H]1C(=O)N2C(c3nnnn3Cc3ccc(OC)cc3)=C(CCl)CS[C@H]12)c1csc(NC(=O)OC(C)(C)C)n1)C(=O)OCc1ccc(OC)cc1. The summed E-state index contributed by atoms with van der Waals surface area (Å²) in [5, 5.41) is 22.6. The zero-order chi connectivity index (χ0) is 46.7. The van der Waals surface area contributed by atoms with Gasteiger partial charge in [0.05, 0.1) is 33.1 Å². The minimum atomic E-state index is -1.47. The summed E-state index contributed by atoms with van der Waals surface area (Å²) < 4.78 is 28.2. The molecule has 4 aromatic rings. The molecule has 2 aromatic heterocycles. The molecule has 1 saturated heterocycles. The Hall–Kier alpha value is -6.26. The van der Waals surface area contributed by atoms with Crippen molar-refractivity contribution in [3.05, 3.63) is 82.1 Å². The van der Waals surface area contributed by atoms with Crippen molar-refractivity contribution in [2.24, 2.45) is 5.16 Å². The largest absolute Gasteiger partial charge is 0.497 e. The van der Waals surface area contributed by atoms with E-state index in [1.54, 1.807) is 56.8 Å². The number of anilines is 1. The molecule has 2 N–H and O–H groups in total. The van der Waals surface area contributed by atoms with Gasteiger partial charge in [-0.25, -0.2) is 19.3 Å². The number of hydrogen-bond donors (Lipinski definition) is 2. The van der Waals surface area contributed by atoms with Crippen LogP contribution in [0.4, 0.5) is 9.93 Å². The minimum Gasteiger partial charge on any atom is -0.497 e. The van der Waals surface area contributed by atoms with E-state index < -0.39 is 58.7 Å². The summed E-state index contributed by atoms with van der Waals surface area (Å²) in [6.45, 7) is 6.82. The van der Waals surface area contributed by atoms with Crippen LogP contribution in [-0.2, 0) is 51.4 Å². The Balaban J connectivity index is 1.24.